The third-order valence-corrected chi connectivity index (χ3v) is 7.06. The fourth-order valence-electron chi connectivity index (χ4n) is 3.82. The highest BCUT2D eigenvalue weighted by atomic mass is 32.1. The van der Waals surface area contributed by atoms with E-state index in [0.717, 1.165) is 41.5 Å². The van der Waals surface area contributed by atoms with Gasteiger partial charge in [-0.3, -0.25) is 4.79 Å². The number of methoxy groups -OCH3 is 1. The summed E-state index contributed by atoms with van der Waals surface area (Å²) in [5.74, 6) is -0.555. The van der Waals surface area contributed by atoms with E-state index in [1.54, 1.807) is 11.3 Å². The molecule has 142 valence electrons. The molecule has 3 aromatic heterocycles. The number of rotatable bonds is 4. The molecule has 4 rings (SSSR count). The molecule has 1 aliphatic rings. The first-order valence-electron chi connectivity index (χ1n) is 9.14. The number of carbonyl (C=O) groups excluding carboxylic acids is 2. The summed E-state index contributed by atoms with van der Waals surface area (Å²) in [4.78, 5) is 26.7. The lowest BCUT2D eigenvalue weighted by Crippen LogP contribution is -2.19. The number of thiophene rings is 2. The van der Waals surface area contributed by atoms with E-state index < -0.39 is 0 Å². The third-order valence-electron chi connectivity index (χ3n) is 5.00. The van der Waals surface area contributed by atoms with Crippen LogP contribution in [0.25, 0.3) is 10.2 Å². The van der Waals surface area contributed by atoms with Crippen LogP contribution in [0, 0.1) is 0 Å². The molecule has 1 N–H and O–H groups in total. The van der Waals surface area contributed by atoms with Crippen LogP contribution in [0.3, 0.4) is 0 Å². The average molecular weight is 403 g/mol. The second-order valence-electron chi connectivity index (χ2n) is 7.02. The van der Waals surface area contributed by atoms with Crippen LogP contribution < -0.4 is 5.32 Å². The molecular weight excluding hydrogens is 380 g/mol. The molecule has 1 amide bonds. The normalized spacial score (nSPS) is 13.8. The van der Waals surface area contributed by atoms with Crippen molar-refractivity contribution in [2.75, 3.05) is 12.4 Å². The minimum Gasteiger partial charge on any atom is -0.465 e. The molecule has 0 radical (unpaired) electrons. The van der Waals surface area contributed by atoms with Gasteiger partial charge in [-0.25, -0.2) is 4.79 Å². The van der Waals surface area contributed by atoms with E-state index in [4.69, 9.17) is 4.74 Å². The number of carbonyl (C=O) groups is 2. The lowest BCUT2D eigenvalue weighted by Gasteiger charge is -2.14. The van der Waals surface area contributed by atoms with E-state index in [0.29, 0.717) is 16.3 Å². The molecule has 0 unspecified atom stereocenters. The molecule has 7 heteroatoms. The second kappa shape index (κ2) is 7.13. The van der Waals surface area contributed by atoms with Crippen molar-refractivity contribution in [2.24, 2.45) is 0 Å². The number of ether oxygens (including phenoxy) is 1. The molecule has 1 aliphatic carbocycles. The Balaban J connectivity index is 1.74. The molecule has 0 saturated carbocycles. The van der Waals surface area contributed by atoms with E-state index >= 15 is 0 Å². The van der Waals surface area contributed by atoms with Gasteiger partial charge in [0.1, 0.15) is 10.7 Å². The fraction of sp³-hybridized carbons (Fsp3) is 0.400. The van der Waals surface area contributed by atoms with Crippen molar-refractivity contribution in [1.82, 2.24) is 4.57 Å². The van der Waals surface area contributed by atoms with Crippen molar-refractivity contribution in [2.45, 2.75) is 45.6 Å². The summed E-state index contributed by atoms with van der Waals surface area (Å²) in [6.45, 7) is 4.13. The SMILES string of the molecule is COC(=O)c1c(NC(=O)c2cc3sccc3n2C(C)C)sc2c1CCCC2. The Bertz CT molecular complexity index is 1030. The monoisotopic (exact) mass is 402 g/mol. The van der Waals surface area contributed by atoms with Crippen LogP contribution in [0.1, 0.15) is 64.0 Å². The minimum atomic E-state index is -0.370. The van der Waals surface area contributed by atoms with Crippen molar-refractivity contribution < 1.29 is 14.3 Å². The maximum Gasteiger partial charge on any atom is 0.341 e. The van der Waals surface area contributed by atoms with E-state index in [1.165, 1.54) is 23.3 Å². The third kappa shape index (κ3) is 3.08. The molecule has 5 nitrogen and oxygen atoms in total. The molecule has 0 saturated heterocycles. The van der Waals surface area contributed by atoms with Gasteiger partial charge in [0.05, 0.1) is 22.9 Å². The van der Waals surface area contributed by atoms with Crippen LogP contribution in [0.4, 0.5) is 5.00 Å². The van der Waals surface area contributed by atoms with Crippen LogP contribution in [0.5, 0.6) is 0 Å². The zero-order valence-electron chi connectivity index (χ0n) is 15.6. The highest BCUT2D eigenvalue weighted by Gasteiger charge is 2.28. The summed E-state index contributed by atoms with van der Waals surface area (Å²) in [6, 6.07) is 4.13. The Labute approximate surface area is 166 Å². The fourth-order valence-corrected chi connectivity index (χ4v) is 5.90. The first-order valence-corrected chi connectivity index (χ1v) is 10.8. The van der Waals surface area contributed by atoms with E-state index in [2.05, 4.69) is 19.2 Å². The molecule has 0 spiro atoms. The van der Waals surface area contributed by atoms with Gasteiger partial charge in [0.25, 0.3) is 5.91 Å². The summed E-state index contributed by atoms with van der Waals surface area (Å²) in [6.07, 6.45) is 4.00. The number of esters is 1. The highest BCUT2D eigenvalue weighted by Crippen LogP contribution is 2.39. The van der Waals surface area contributed by atoms with Crippen molar-refractivity contribution in [3.8, 4) is 0 Å². The predicted octanol–water partition coefficient (Wildman–Crippen LogP) is 5.26. The van der Waals surface area contributed by atoms with Gasteiger partial charge < -0.3 is 14.6 Å². The Morgan fingerprint density at radius 3 is 2.78 bits per heavy atom. The van der Waals surface area contributed by atoms with Crippen molar-refractivity contribution in [3.63, 3.8) is 0 Å². The van der Waals surface area contributed by atoms with Gasteiger partial charge >= 0.3 is 5.97 Å². The number of aromatic nitrogens is 1. The van der Waals surface area contributed by atoms with Crippen LogP contribution in [0.15, 0.2) is 17.5 Å². The second-order valence-corrected chi connectivity index (χ2v) is 9.08. The standard InChI is InChI=1S/C20H22N2O3S2/c1-11(2)22-13-8-9-26-16(13)10-14(22)18(23)21-19-17(20(24)25-3)12-6-4-5-7-15(12)27-19/h8-11H,4-7H2,1-3H3,(H,21,23). The lowest BCUT2D eigenvalue weighted by molar-refractivity contribution is 0.0601. The summed E-state index contributed by atoms with van der Waals surface area (Å²) in [7, 11) is 1.39. The van der Waals surface area contributed by atoms with E-state index in [9.17, 15) is 9.59 Å². The molecular formula is C20H22N2O3S2. The Morgan fingerprint density at radius 1 is 1.26 bits per heavy atom. The predicted molar refractivity (Wildman–Crippen MR) is 110 cm³/mol. The number of anilines is 1. The quantitative estimate of drug-likeness (QED) is 0.605. The van der Waals surface area contributed by atoms with Crippen LogP contribution >= 0.6 is 22.7 Å². The van der Waals surface area contributed by atoms with Gasteiger partial charge in [0.15, 0.2) is 0 Å². The highest BCUT2D eigenvalue weighted by molar-refractivity contribution is 7.17. The molecule has 3 heterocycles. The van der Waals surface area contributed by atoms with Crippen LogP contribution in [-0.4, -0.2) is 23.6 Å². The maximum absolute atomic E-state index is 13.1. The van der Waals surface area contributed by atoms with Crippen molar-refractivity contribution in [1.29, 1.82) is 0 Å². The van der Waals surface area contributed by atoms with Gasteiger partial charge in [-0.05, 0) is 62.6 Å². The summed E-state index contributed by atoms with van der Waals surface area (Å²) in [5.41, 5.74) is 3.27. The minimum absolute atomic E-state index is 0.162. The Hall–Kier alpha value is -2.12. The van der Waals surface area contributed by atoms with E-state index in [-0.39, 0.29) is 17.9 Å². The maximum atomic E-state index is 13.1. The first-order chi connectivity index (χ1) is 13.0. The Kier molecular flexibility index (Phi) is 4.82. The number of aryl methyl sites for hydroxylation is 1. The smallest absolute Gasteiger partial charge is 0.341 e. The molecule has 0 atom stereocenters. The van der Waals surface area contributed by atoms with Crippen molar-refractivity contribution in [3.05, 3.63) is 39.2 Å². The largest absolute Gasteiger partial charge is 0.465 e. The molecule has 3 aromatic rings. The number of fused-ring (bicyclic) bond motifs is 2. The topological polar surface area (TPSA) is 60.3 Å². The van der Waals surface area contributed by atoms with Crippen LogP contribution in [-0.2, 0) is 17.6 Å². The van der Waals surface area contributed by atoms with E-state index in [1.807, 2.05) is 22.1 Å². The van der Waals surface area contributed by atoms with Gasteiger partial charge in [-0.2, -0.15) is 0 Å². The molecule has 27 heavy (non-hydrogen) atoms. The van der Waals surface area contributed by atoms with Crippen LogP contribution in [0.2, 0.25) is 0 Å². The zero-order valence-corrected chi connectivity index (χ0v) is 17.3. The Morgan fingerprint density at radius 2 is 2.04 bits per heavy atom. The van der Waals surface area contributed by atoms with Gasteiger partial charge in [0, 0.05) is 10.9 Å². The number of hydrogen-bond donors (Lipinski definition) is 1. The number of nitrogens with one attached hydrogen (secondary N) is 1. The number of amides is 1. The van der Waals surface area contributed by atoms with Crippen molar-refractivity contribution >= 4 is 49.8 Å². The number of hydrogen-bond acceptors (Lipinski definition) is 5. The zero-order chi connectivity index (χ0) is 19.1. The van der Waals surface area contributed by atoms with Gasteiger partial charge in [-0.15, -0.1) is 22.7 Å². The summed E-state index contributed by atoms with van der Waals surface area (Å²) < 4.78 is 8.14. The molecule has 0 fully saturated rings. The lowest BCUT2D eigenvalue weighted by atomic mass is 9.95. The molecule has 0 aliphatic heterocycles. The molecule has 0 aromatic carbocycles. The molecule has 0 bridgehead atoms. The van der Waals surface area contributed by atoms with Gasteiger partial charge in [-0.1, -0.05) is 0 Å². The summed E-state index contributed by atoms with van der Waals surface area (Å²) in [5, 5.41) is 5.65. The average Bonchev–Trinajstić information content (AvgIpc) is 3.32. The van der Waals surface area contributed by atoms with Gasteiger partial charge in [0.2, 0.25) is 0 Å². The number of nitrogens with zero attached hydrogens (tertiary/aromatic N) is 1. The first kappa shape index (κ1) is 18.3. The summed E-state index contributed by atoms with van der Waals surface area (Å²) >= 11 is 3.14.